The first kappa shape index (κ1) is 14.3. The first-order valence-electron chi connectivity index (χ1n) is 6.96. The highest BCUT2D eigenvalue weighted by Crippen LogP contribution is 2.18. The van der Waals surface area contributed by atoms with Gasteiger partial charge in [0.15, 0.2) is 5.96 Å². The quantitative estimate of drug-likeness (QED) is 0.522. The summed E-state index contributed by atoms with van der Waals surface area (Å²) in [7, 11) is 0. The molecule has 1 aliphatic carbocycles. The molecule has 0 aromatic carbocycles. The van der Waals surface area contributed by atoms with Gasteiger partial charge in [-0.25, -0.2) is 0 Å². The second-order valence-corrected chi connectivity index (χ2v) is 4.90. The summed E-state index contributed by atoms with van der Waals surface area (Å²) in [5.41, 5.74) is 0. The lowest BCUT2D eigenvalue weighted by molar-refractivity contribution is 0.240. The predicted octanol–water partition coefficient (Wildman–Crippen LogP) is 1.43. The van der Waals surface area contributed by atoms with Gasteiger partial charge in [0.1, 0.15) is 0 Å². The van der Waals surface area contributed by atoms with Crippen LogP contribution in [0, 0.1) is 0 Å². The molecule has 0 heterocycles. The lowest BCUT2D eigenvalue weighted by atomic mass is 10.3. The van der Waals surface area contributed by atoms with Crippen LogP contribution >= 0.6 is 0 Å². The van der Waals surface area contributed by atoms with Gasteiger partial charge in [-0.05, 0) is 40.2 Å². The van der Waals surface area contributed by atoms with Gasteiger partial charge in [-0.3, -0.25) is 9.89 Å². The number of hydrogen-bond acceptors (Lipinski definition) is 2. The zero-order valence-electron chi connectivity index (χ0n) is 11.8. The van der Waals surface area contributed by atoms with Crippen molar-refractivity contribution in [2.75, 3.05) is 26.2 Å². The van der Waals surface area contributed by atoms with Crippen molar-refractivity contribution in [3.05, 3.63) is 0 Å². The molecule has 0 amide bonds. The normalized spacial score (nSPS) is 16.7. The summed E-state index contributed by atoms with van der Waals surface area (Å²) in [4.78, 5) is 7.05. The number of rotatable bonds is 7. The van der Waals surface area contributed by atoms with Crippen LogP contribution < -0.4 is 10.6 Å². The van der Waals surface area contributed by atoms with Crippen molar-refractivity contribution in [2.45, 2.75) is 52.6 Å². The molecule has 0 bridgehead atoms. The fourth-order valence-electron chi connectivity index (χ4n) is 1.81. The summed E-state index contributed by atoms with van der Waals surface area (Å²) in [5.74, 6) is 0.981. The fourth-order valence-corrected chi connectivity index (χ4v) is 1.81. The number of likely N-dealkylation sites (N-methyl/N-ethyl adjacent to an activating group) is 1. The molecule has 1 fully saturated rings. The van der Waals surface area contributed by atoms with Crippen molar-refractivity contribution in [3.63, 3.8) is 0 Å². The van der Waals surface area contributed by atoms with Crippen molar-refractivity contribution < 1.29 is 0 Å². The SMILES string of the molecule is CCNC(=NCCN(CC)C(C)C)NC1CC1. The van der Waals surface area contributed by atoms with Gasteiger partial charge in [0.25, 0.3) is 0 Å². The average molecular weight is 240 g/mol. The monoisotopic (exact) mass is 240 g/mol. The average Bonchev–Trinajstić information content (AvgIpc) is 3.08. The van der Waals surface area contributed by atoms with E-state index in [2.05, 4.69) is 48.2 Å². The van der Waals surface area contributed by atoms with Crippen LogP contribution in [-0.2, 0) is 0 Å². The van der Waals surface area contributed by atoms with Gasteiger partial charge >= 0.3 is 0 Å². The Labute approximate surface area is 106 Å². The molecule has 1 aliphatic rings. The Morgan fingerprint density at radius 2 is 2.06 bits per heavy atom. The summed E-state index contributed by atoms with van der Waals surface area (Å²) >= 11 is 0. The minimum atomic E-state index is 0.606. The molecule has 0 aromatic heterocycles. The Morgan fingerprint density at radius 1 is 1.35 bits per heavy atom. The number of guanidine groups is 1. The third-order valence-corrected chi connectivity index (χ3v) is 3.06. The van der Waals surface area contributed by atoms with Gasteiger partial charge in [0.05, 0.1) is 6.54 Å². The first-order valence-corrected chi connectivity index (χ1v) is 6.96. The van der Waals surface area contributed by atoms with Crippen LogP contribution in [0.3, 0.4) is 0 Å². The van der Waals surface area contributed by atoms with Gasteiger partial charge < -0.3 is 10.6 Å². The van der Waals surface area contributed by atoms with E-state index in [1.165, 1.54) is 12.8 Å². The highest BCUT2D eigenvalue weighted by molar-refractivity contribution is 5.80. The van der Waals surface area contributed by atoms with Gasteiger partial charge in [0.2, 0.25) is 0 Å². The second kappa shape index (κ2) is 7.54. The van der Waals surface area contributed by atoms with Crippen LogP contribution in [0.25, 0.3) is 0 Å². The summed E-state index contributed by atoms with van der Waals surface area (Å²) < 4.78 is 0. The maximum atomic E-state index is 4.62. The Hall–Kier alpha value is -0.770. The minimum absolute atomic E-state index is 0.606. The van der Waals surface area contributed by atoms with E-state index >= 15 is 0 Å². The summed E-state index contributed by atoms with van der Waals surface area (Å²) in [6.07, 6.45) is 2.58. The molecular weight excluding hydrogens is 212 g/mol. The zero-order chi connectivity index (χ0) is 12.7. The summed E-state index contributed by atoms with van der Waals surface area (Å²) in [6, 6.07) is 1.27. The predicted molar refractivity (Wildman–Crippen MR) is 74.5 cm³/mol. The van der Waals surface area contributed by atoms with Crippen LogP contribution in [0.2, 0.25) is 0 Å². The second-order valence-electron chi connectivity index (χ2n) is 4.90. The first-order chi connectivity index (χ1) is 8.17. The standard InChI is InChI=1S/C13H28N4/c1-5-14-13(16-12-7-8-12)15-9-10-17(6-2)11(3)4/h11-12H,5-10H2,1-4H3,(H2,14,15,16). The Kier molecular flexibility index (Phi) is 6.34. The van der Waals surface area contributed by atoms with Crippen molar-refractivity contribution in [1.82, 2.24) is 15.5 Å². The van der Waals surface area contributed by atoms with E-state index < -0.39 is 0 Å². The number of nitrogens with zero attached hydrogens (tertiary/aromatic N) is 2. The Morgan fingerprint density at radius 3 is 2.53 bits per heavy atom. The van der Waals surface area contributed by atoms with Crippen LogP contribution in [0.15, 0.2) is 4.99 Å². The third-order valence-electron chi connectivity index (χ3n) is 3.06. The molecule has 1 rings (SSSR count). The maximum Gasteiger partial charge on any atom is 0.191 e. The lowest BCUT2D eigenvalue weighted by Gasteiger charge is -2.23. The lowest BCUT2D eigenvalue weighted by Crippen LogP contribution is -2.39. The number of aliphatic imine (C=N–C) groups is 1. The van der Waals surface area contributed by atoms with Crippen LogP contribution in [0.4, 0.5) is 0 Å². The topological polar surface area (TPSA) is 39.7 Å². The summed E-state index contributed by atoms with van der Waals surface area (Å²) in [6.45, 7) is 12.7. The van der Waals surface area contributed by atoms with E-state index in [4.69, 9.17) is 0 Å². The van der Waals surface area contributed by atoms with Crippen molar-refractivity contribution in [1.29, 1.82) is 0 Å². The van der Waals surface area contributed by atoms with Crippen LogP contribution in [-0.4, -0.2) is 49.1 Å². The molecule has 2 N–H and O–H groups in total. The zero-order valence-corrected chi connectivity index (χ0v) is 11.8. The molecule has 4 nitrogen and oxygen atoms in total. The van der Waals surface area contributed by atoms with Crippen LogP contribution in [0.5, 0.6) is 0 Å². The summed E-state index contributed by atoms with van der Waals surface area (Å²) in [5, 5.41) is 6.73. The van der Waals surface area contributed by atoms with E-state index in [9.17, 15) is 0 Å². The molecule has 0 spiro atoms. The van der Waals surface area contributed by atoms with Crippen molar-refractivity contribution in [2.24, 2.45) is 4.99 Å². The minimum Gasteiger partial charge on any atom is -0.357 e. The van der Waals surface area contributed by atoms with Crippen molar-refractivity contribution in [3.8, 4) is 0 Å². The van der Waals surface area contributed by atoms with E-state index in [1.807, 2.05) is 0 Å². The Balaban J connectivity index is 2.30. The van der Waals surface area contributed by atoms with E-state index in [0.717, 1.165) is 32.1 Å². The van der Waals surface area contributed by atoms with Crippen LogP contribution in [0.1, 0.15) is 40.5 Å². The van der Waals surface area contributed by atoms with E-state index in [0.29, 0.717) is 12.1 Å². The molecular formula is C13H28N4. The smallest absolute Gasteiger partial charge is 0.191 e. The molecule has 0 saturated heterocycles. The Bertz CT molecular complexity index is 234. The highest BCUT2D eigenvalue weighted by Gasteiger charge is 2.22. The van der Waals surface area contributed by atoms with E-state index in [-0.39, 0.29) is 0 Å². The molecule has 17 heavy (non-hydrogen) atoms. The number of hydrogen-bond donors (Lipinski definition) is 2. The molecule has 100 valence electrons. The fraction of sp³-hybridized carbons (Fsp3) is 0.923. The maximum absolute atomic E-state index is 4.62. The molecule has 4 heteroatoms. The van der Waals surface area contributed by atoms with E-state index in [1.54, 1.807) is 0 Å². The van der Waals surface area contributed by atoms with Gasteiger partial charge in [-0.15, -0.1) is 0 Å². The third kappa shape index (κ3) is 5.91. The van der Waals surface area contributed by atoms with Gasteiger partial charge in [-0.2, -0.15) is 0 Å². The molecule has 0 aromatic rings. The molecule has 0 atom stereocenters. The molecule has 1 saturated carbocycles. The molecule has 0 unspecified atom stereocenters. The van der Waals surface area contributed by atoms with Gasteiger partial charge in [0, 0.05) is 25.2 Å². The molecule has 0 aliphatic heterocycles. The largest absolute Gasteiger partial charge is 0.357 e. The number of nitrogens with one attached hydrogen (secondary N) is 2. The van der Waals surface area contributed by atoms with Crippen molar-refractivity contribution >= 4 is 5.96 Å². The highest BCUT2D eigenvalue weighted by atomic mass is 15.2. The van der Waals surface area contributed by atoms with Gasteiger partial charge in [-0.1, -0.05) is 6.92 Å². The molecule has 0 radical (unpaired) electrons.